The number of carboxylic acids is 1. The zero-order valence-corrected chi connectivity index (χ0v) is 14.5. The predicted molar refractivity (Wildman–Crippen MR) is 88.9 cm³/mol. The number of nitrogens with two attached hydrogens (primary N) is 2. The minimum atomic E-state index is -1.45. The molecule has 0 fully saturated rings. The van der Waals surface area contributed by atoms with Crippen molar-refractivity contribution in [3.63, 3.8) is 0 Å². The summed E-state index contributed by atoms with van der Waals surface area (Å²) in [5, 5.41) is 23.2. The van der Waals surface area contributed by atoms with Crippen LogP contribution in [-0.4, -0.2) is 58.8 Å². The summed E-state index contributed by atoms with van der Waals surface area (Å²) in [5.41, 5.74) is 11.2. The average molecular weight is 346 g/mol. The summed E-state index contributed by atoms with van der Waals surface area (Å²) in [6.07, 6.45) is 0.630. The van der Waals surface area contributed by atoms with Crippen LogP contribution in [0.5, 0.6) is 0 Å². The van der Waals surface area contributed by atoms with Gasteiger partial charge in [0.15, 0.2) is 6.04 Å². The van der Waals surface area contributed by atoms with Crippen LogP contribution in [0.4, 0.5) is 0 Å². The summed E-state index contributed by atoms with van der Waals surface area (Å²) in [4.78, 5) is 35.4. The Morgan fingerprint density at radius 3 is 1.96 bits per heavy atom. The highest BCUT2D eigenvalue weighted by Crippen LogP contribution is 2.06. The van der Waals surface area contributed by atoms with Crippen molar-refractivity contribution in [2.24, 2.45) is 17.4 Å². The maximum absolute atomic E-state index is 12.3. The summed E-state index contributed by atoms with van der Waals surface area (Å²) >= 11 is 0. The first-order valence-electron chi connectivity index (χ1n) is 8.09. The second-order valence-electron chi connectivity index (χ2n) is 6.19. The van der Waals surface area contributed by atoms with E-state index in [1.54, 1.807) is 13.8 Å². The fourth-order valence-corrected chi connectivity index (χ4v) is 2.07. The van der Waals surface area contributed by atoms with Gasteiger partial charge in [-0.1, -0.05) is 20.3 Å². The van der Waals surface area contributed by atoms with Crippen molar-refractivity contribution < 1.29 is 24.6 Å². The van der Waals surface area contributed by atoms with Gasteiger partial charge in [-0.25, -0.2) is 4.79 Å². The molecule has 0 bridgehead atoms. The first-order chi connectivity index (χ1) is 11.1. The van der Waals surface area contributed by atoms with Crippen LogP contribution >= 0.6 is 0 Å². The van der Waals surface area contributed by atoms with Gasteiger partial charge in [-0.2, -0.15) is 0 Å². The molecule has 0 rings (SSSR count). The molecule has 0 aromatic heterocycles. The van der Waals surface area contributed by atoms with Crippen LogP contribution in [0, 0.1) is 5.92 Å². The van der Waals surface area contributed by atoms with Crippen LogP contribution < -0.4 is 22.1 Å². The maximum atomic E-state index is 12.3. The number of hydrogen-bond acceptors (Lipinski definition) is 6. The maximum Gasteiger partial charge on any atom is 0.328 e. The van der Waals surface area contributed by atoms with E-state index < -0.39 is 42.0 Å². The summed E-state index contributed by atoms with van der Waals surface area (Å²) in [5.74, 6) is -2.80. The van der Waals surface area contributed by atoms with Crippen LogP contribution in [0.3, 0.4) is 0 Å². The zero-order chi connectivity index (χ0) is 18.9. The van der Waals surface area contributed by atoms with Gasteiger partial charge in [0.2, 0.25) is 11.8 Å². The van der Waals surface area contributed by atoms with Gasteiger partial charge in [0.05, 0.1) is 12.1 Å². The molecule has 8 N–H and O–H groups in total. The Kier molecular flexibility index (Phi) is 10.2. The monoisotopic (exact) mass is 346 g/mol. The number of aliphatic carboxylic acids is 1. The minimum absolute atomic E-state index is 0.284. The van der Waals surface area contributed by atoms with Gasteiger partial charge in [-0.05, 0) is 32.2 Å². The number of unbranched alkanes of at least 4 members (excludes halogenated alkanes) is 1. The first-order valence-corrected chi connectivity index (χ1v) is 8.09. The molecule has 0 saturated carbocycles. The molecule has 0 spiro atoms. The molecule has 0 unspecified atom stereocenters. The van der Waals surface area contributed by atoms with E-state index in [2.05, 4.69) is 10.6 Å². The number of hydrogen-bond donors (Lipinski definition) is 6. The van der Waals surface area contributed by atoms with Gasteiger partial charge in [-0.3, -0.25) is 9.59 Å². The third-order valence-corrected chi connectivity index (χ3v) is 3.60. The van der Waals surface area contributed by atoms with Crippen molar-refractivity contribution in [3.05, 3.63) is 0 Å². The number of aliphatic hydroxyl groups is 1. The third-order valence-electron chi connectivity index (χ3n) is 3.60. The van der Waals surface area contributed by atoms with Crippen molar-refractivity contribution in [1.29, 1.82) is 0 Å². The summed E-state index contributed by atoms with van der Waals surface area (Å²) in [7, 11) is 0. The van der Waals surface area contributed by atoms with E-state index >= 15 is 0 Å². The van der Waals surface area contributed by atoms with Gasteiger partial charge in [0, 0.05) is 0 Å². The quantitative estimate of drug-likeness (QED) is 0.248. The van der Waals surface area contributed by atoms with E-state index in [4.69, 9.17) is 16.6 Å². The number of amides is 2. The van der Waals surface area contributed by atoms with Crippen LogP contribution in [0.15, 0.2) is 0 Å². The topological polar surface area (TPSA) is 168 Å². The number of carbonyl (C=O) groups is 3. The van der Waals surface area contributed by atoms with Crippen molar-refractivity contribution in [2.75, 3.05) is 6.54 Å². The number of carboxylic acid groups (broad SMARTS) is 1. The third kappa shape index (κ3) is 7.71. The molecule has 0 aliphatic carbocycles. The Bertz CT molecular complexity index is 428. The molecule has 0 aromatic carbocycles. The lowest BCUT2D eigenvalue weighted by molar-refractivity contribution is -0.145. The van der Waals surface area contributed by atoms with Crippen LogP contribution in [0.25, 0.3) is 0 Å². The molecular formula is C15H30N4O5. The Morgan fingerprint density at radius 2 is 1.54 bits per heavy atom. The van der Waals surface area contributed by atoms with E-state index in [-0.39, 0.29) is 5.92 Å². The largest absolute Gasteiger partial charge is 0.480 e. The molecule has 9 heteroatoms. The normalized spacial score (nSPS) is 16.1. The van der Waals surface area contributed by atoms with Crippen LogP contribution in [0.1, 0.15) is 40.0 Å². The van der Waals surface area contributed by atoms with Crippen molar-refractivity contribution in [3.8, 4) is 0 Å². The highest BCUT2D eigenvalue weighted by molar-refractivity contribution is 5.92. The molecule has 9 nitrogen and oxygen atoms in total. The van der Waals surface area contributed by atoms with E-state index in [0.717, 1.165) is 6.42 Å². The summed E-state index contributed by atoms with van der Waals surface area (Å²) < 4.78 is 0. The molecule has 0 heterocycles. The average Bonchev–Trinajstić information content (AvgIpc) is 2.48. The molecule has 0 aliphatic heterocycles. The molecule has 140 valence electrons. The van der Waals surface area contributed by atoms with Crippen molar-refractivity contribution in [2.45, 2.75) is 64.3 Å². The number of nitrogens with one attached hydrogen (secondary N) is 2. The second kappa shape index (κ2) is 11.0. The Hall–Kier alpha value is -1.71. The molecule has 0 saturated heterocycles. The van der Waals surface area contributed by atoms with Crippen LogP contribution in [-0.2, 0) is 14.4 Å². The Morgan fingerprint density at radius 1 is 1.00 bits per heavy atom. The Labute approximate surface area is 142 Å². The summed E-state index contributed by atoms with van der Waals surface area (Å²) in [6, 6.07) is -3.16. The fourth-order valence-electron chi connectivity index (χ4n) is 2.07. The molecule has 2 amide bonds. The molecule has 4 atom stereocenters. The van der Waals surface area contributed by atoms with Gasteiger partial charge < -0.3 is 32.3 Å². The minimum Gasteiger partial charge on any atom is -0.480 e. The van der Waals surface area contributed by atoms with E-state index in [9.17, 15) is 19.5 Å². The molecule has 0 aromatic rings. The second-order valence-corrected chi connectivity index (χ2v) is 6.19. The van der Waals surface area contributed by atoms with Gasteiger partial charge in [0.1, 0.15) is 6.04 Å². The Balaban J connectivity index is 4.81. The zero-order valence-electron chi connectivity index (χ0n) is 14.5. The van der Waals surface area contributed by atoms with Crippen LogP contribution in [0.2, 0.25) is 0 Å². The molecule has 0 aliphatic rings. The standard InChI is InChI=1S/C15H30N4O5/c1-8(2)11(14(22)19-12(9(3)20)15(23)24)18-13(21)10(17)6-4-5-7-16/h8-12,20H,4-7,16-17H2,1-3H3,(H,18,21)(H,19,22)(H,23,24)/t9-,10+,11+,12+/m1/s1. The number of aliphatic hydroxyl groups excluding tert-OH is 1. The highest BCUT2D eigenvalue weighted by Gasteiger charge is 2.31. The van der Waals surface area contributed by atoms with E-state index in [1.807, 2.05) is 0 Å². The number of carbonyl (C=O) groups excluding carboxylic acids is 2. The lowest BCUT2D eigenvalue weighted by atomic mass is 10.0. The fraction of sp³-hybridized carbons (Fsp3) is 0.800. The first kappa shape index (κ1) is 22.3. The molecular weight excluding hydrogens is 316 g/mol. The van der Waals surface area contributed by atoms with Crippen molar-refractivity contribution in [1.82, 2.24) is 10.6 Å². The smallest absolute Gasteiger partial charge is 0.328 e. The van der Waals surface area contributed by atoms with Gasteiger partial charge >= 0.3 is 5.97 Å². The SMILES string of the molecule is CC(C)[C@H](NC(=O)[C@@H](N)CCCCN)C(=O)N[C@H](C(=O)O)[C@@H](C)O. The van der Waals surface area contributed by atoms with Gasteiger partial charge in [-0.15, -0.1) is 0 Å². The molecule has 24 heavy (non-hydrogen) atoms. The lowest BCUT2D eigenvalue weighted by Crippen LogP contribution is -2.58. The predicted octanol–water partition coefficient (Wildman–Crippen LogP) is -1.47. The number of rotatable bonds is 11. The lowest BCUT2D eigenvalue weighted by Gasteiger charge is -2.26. The highest BCUT2D eigenvalue weighted by atomic mass is 16.4. The van der Waals surface area contributed by atoms with Gasteiger partial charge in [0.25, 0.3) is 0 Å². The molecule has 0 radical (unpaired) electrons. The van der Waals surface area contributed by atoms with E-state index in [1.165, 1.54) is 6.92 Å². The van der Waals surface area contributed by atoms with Crippen molar-refractivity contribution >= 4 is 17.8 Å². The summed E-state index contributed by atoms with van der Waals surface area (Å²) in [6.45, 7) is 5.20. The van der Waals surface area contributed by atoms with E-state index in [0.29, 0.717) is 19.4 Å².